The quantitative estimate of drug-likeness (QED) is 0.706. The Hall–Kier alpha value is -1.55. The fraction of sp³-hybridized carbons (Fsp3) is 0.250. The van der Waals surface area contributed by atoms with Gasteiger partial charge in [0.25, 0.3) is 0 Å². The second-order valence-corrected chi connectivity index (χ2v) is 10.9. The highest BCUT2D eigenvalue weighted by Gasteiger charge is 2.33. The van der Waals surface area contributed by atoms with Gasteiger partial charge in [0.15, 0.2) is 15.0 Å². The molecule has 0 spiro atoms. The van der Waals surface area contributed by atoms with Gasteiger partial charge in [-0.1, -0.05) is 23.5 Å². The smallest absolute Gasteiger partial charge is 0.230 e. The predicted molar refractivity (Wildman–Crippen MR) is 104 cm³/mol. The first-order valence-electron chi connectivity index (χ1n) is 7.62. The molecule has 3 aromatic heterocycles. The number of thiazole rings is 1. The Labute approximate surface area is 157 Å². The molecule has 0 aliphatic carbocycles. The largest absolute Gasteiger partial charge is 0.302 e. The van der Waals surface area contributed by atoms with Crippen LogP contribution in [0.3, 0.4) is 0 Å². The number of carbonyl (C=O) groups is 1. The predicted octanol–water partition coefficient (Wildman–Crippen LogP) is 3.97. The van der Waals surface area contributed by atoms with Crippen LogP contribution in [-0.2, 0) is 14.6 Å². The van der Waals surface area contributed by atoms with Crippen LogP contribution in [-0.4, -0.2) is 30.8 Å². The molecule has 0 saturated carbocycles. The number of thiophene rings is 2. The van der Waals surface area contributed by atoms with E-state index >= 15 is 0 Å². The molecular weight excluding hydrogens is 396 g/mol. The Balaban J connectivity index is 1.63. The zero-order valence-corrected chi connectivity index (χ0v) is 16.2. The van der Waals surface area contributed by atoms with Crippen molar-refractivity contribution < 1.29 is 13.2 Å². The second-order valence-electron chi connectivity index (χ2n) is 5.74. The van der Waals surface area contributed by atoms with Crippen LogP contribution in [0.5, 0.6) is 0 Å². The van der Waals surface area contributed by atoms with E-state index in [-0.39, 0.29) is 17.4 Å². The van der Waals surface area contributed by atoms with Crippen LogP contribution >= 0.6 is 34.0 Å². The molecule has 130 valence electrons. The number of hydrogen-bond acceptors (Lipinski definition) is 7. The van der Waals surface area contributed by atoms with Gasteiger partial charge in [-0.3, -0.25) is 4.79 Å². The molecule has 1 amide bonds. The van der Waals surface area contributed by atoms with Crippen LogP contribution in [0.25, 0.3) is 20.3 Å². The zero-order valence-electron chi connectivity index (χ0n) is 13.0. The van der Waals surface area contributed by atoms with Gasteiger partial charge in [-0.25, -0.2) is 13.4 Å². The van der Waals surface area contributed by atoms with Crippen LogP contribution < -0.4 is 5.32 Å². The maximum atomic E-state index is 12.4. The first-order chi connectivity index (χ1) is 12.0. The first kappa shape index (κ1) is 16.9. The van der Waals surface area contributed by atoms with Crippen LogP contribution in [0.1, 0.15) is 6.42 Å². The fourth-order valence-corrected chi connectivity index (χ4v) is 7.10. The first-order valence-corrected chi connectivity index (χ1v) is 12.0. The molecule has 1 N–H and O–H groups in total. The van der Waals surface area contributed by atoms with Gasteiger partial charge in [-0.05, 0) is 29.3 Å². The van der Waals surface area contributed by atoms with Gasteiger partial charge in [0.1, 0.15) is 5.69 Å². The van der Waals surface area contributed by atoms with E-state index in [0.717, 1.165) is 20.3 Å². The van der Waals surface area contributed by atoms with Gasteiger partial charge in [-0.15, -0.1) is 22.7 Å². The molecule has 4 heterocycles. The van der Waals surface area contributed by atoms with Crippen LogP contribution in [0, 0.1) is 5.92 Å². The van der Waals surface area contributed by atoms with Gasteiger partial charge in [-0.2, -0.15) is 0 Å². The van der Waals surface area contributed by atoms with Crippen molar-refractivity contribution >= 4 is 54.9 Å². The molecule has 1 fully saturated rings. The summed E-state index contributed by atoms with van der Waals surface area (Å²) in [5, 5.41) is 7.34. The molecule has 0 unspecified atom stereocenters. The summed E-state index contributed by atoms with van der Waals surface area (Å²) in [6.07, 6.45) is 0.384. The summed E-state index contributed by atoms with van der Waals surface area (Å²) in [4.78, 5) is 20.2. The molecule has 0 radical (unpaired) electrons. The summed E-state index contributed by atoms with van der Waals surface area (Å²) in [6, 6.07) is 8.00. The van der Waals surface area contributed by atoms with Gasteiger partial charge in [0, 0.05) is 4.88 Å². The number of nitrogens with one attached hydrogen (secondary N) is 1. The molecular formula is C16H14N2O3S4. The van der Waals surface area contributed by atoms with Crippen LogP contribution in [0.2, 0.25) is 0 Å². The van der Waals surface area contributed by atoms with Crippen molar-refractivity contribution in [1.29, 1.82) is 0 Å². The number of rotatable bonds is 4. The third kappa shape index (κ3) is 3.55. The lowest BCUT2D eigenvalue weighted by molar-refractivity contribution is -0.119. The highest BCUT2D eigenvalue weighted by Crippen LogP contribution is 2.42. The Bertz CT molecular complexity index is 937. The summed E-state index contributed by atoms with van der Waals surface area (Å²) in [7, 11) is -3.08. The van der Waals surface area contributed by atoms with Crippen molar-refractivity contribution in [1.82, 2.24) is 4.98 Å². The lowest BCUT2D eigenvalue weighted by Crippen LogP contribution is -2.23. The molecule has 4 rings (SSSR count). The van der Waals surface area contributed by atoms with Crippen molar-refractivity contribution in [3.63, 3.8) is 0 Å². The maximum Gasteiger partial charge on any atom is 0.230 e. The minimum Gasteiger partial charge on any atom is -0.302 e. The fourth-order valence-electron chi connectivity index (χ4n) is 2.74. The Morgan fingerprint density at radius 3 is 2.48 bits per heavy atom. The lowest BCUT2D eigenvalue weighted by Gasteiger charge is -2.06. The maximum absolute atomic E-state index is 12.4. The number of carbonyl (C=O) groups excluding carboxylic acids is 1. The number of sulfone groups is 1. The molecule has 9 heteroatoms. The average Bonchev–Trinajstić information content (AvgIpc) is 3.33. The van der Waals surface area contributed by atoms with Crippen molar-refractivity contribution in [3.8, 4) is 20.3 Å². The minimum absolute atomic E-state index is 0.0697. The number of nitrogens with zero attached hydrogens (tertiary/aromatic N) is 1. The highest BCUT2D eigenvalue weighted by molar-refractivity contribution is 7.91. The van der Waals surface area contributed by atoms with Crippen LogP contribution in [0.4, 0.5) is 5.13 Å². The van der Waals surface area contributed by atoms with Gasteiger partial charge < -0.3 is 5.32 Å². The molecule has 5 nitrogen and oxygen atoms in total. The average molecular weight is 411 g/mol. The van der Waals surface area contributed by atoms with E-state index in [1.807, 2.05) is 35.0 Å². The van der Waals surface area contributed by atoms with Gasteiger partial charge >= 0.3 is 0 Å². The van der Waals surface area contributed by atoms with E-state index in [9.17, 15) is 13.2 Å². The molecule has 1 atom stereocenters. The highest BCUT2D eigenvalue weighted by atomic mass is 32.2. The molecule has 3 aromatic rings. The summed E-state index contributed by atoms with van der Waals surface area (Å²) in [5.74, 6) is -0.724. The zero-order chi connectivity index (χ0) is 17.4. The Kier molecular flexibility index (Phi) is 4.48. The number of aromatic nitrogens is 1. The van der Waals surface area contributed by atoms with Gasteiger partial charge in [0.2, 0.25) is 5.91 Å². The van der Waals surface area contributed by atoms with Crippen molar-refractivity contribution in [2.24, 2.45) is 5.92 Å². The Morgan fingerprint density at radius 2 is 1.88 bits per heavy atom. The topological polar surface area (TPSA) is 76.1 Å². The normalized spacial score (nSPS) is 19.1. The monoisotopic (exact) mass is 410 g/mol. The standard InChI is InChI=1S/C16H14N2O3S4/c19-15(10-5-8-25(20,21)9-10)18-16-17-13(11-3-1-6-22-11)14(24-16)12-4-2-7-23-12/h1-4,6-7,10H,5,8-9H2,(H,17,18,19)/t10-/m1/s1. The molecule has 1 aliphatic rings. The Morgan fingerprint density at radius 1 is 1.16 bits per heavy atom. The third-order valence-electron chi connectivity index (χ3n) is 3.96. The van der Waals surface area contributed by atoms with E-state index in [1.165, 1.54) is 11.3 Å². The third-order valence-corrected chi connectivity index (χ3v) is 8.63. The van der Waals surface area contributed by atoms with E-state index in [4.69, 9.17) is 0 Å². The number of amides is 1. The molecule has 0 aromatic carbocycles. The van der Waals surface area contributed by atoms with E-state index in [0.29, 0.717) is 11.6 Å². The van der Waals surface area contributed by atoms with Crippen molar-refractivity contribution in [2.45, 2.75) is 6.42 Å². The number of anilines is 1. The summed E-state index contributed by atoms with van der Waals surface area (Å²) in [6.45, 7) is 0. The van der Waals surface area contributed by atoms with E-state index in [1.54, 1.807) is 22.7 Å². The summed E-state index contributed by atoms with van der Waals surface area (Å²) in [5.41, 5.74) is 0.858. The summed E-state index contributed by atoms with van der Waals surface area (Å²) < 4.78 is 23.2. The number of hydrogen-bond donors (Lipinski definition) is 1. The van der Waals surface area contributed by atoms with E-state index < -0.39 is 15.8 Å². The molecule has 0 bridgehead atoms. The van der Waals surface area contributed by atoms with Gasteiger partial charge in [0.05, 0.1) is 27.2 Å². The minimum atomic E-state index is -3.08. The van der Waals surface area contributed by atoms with Crippen molar-refractivity contribution in [2.75, 3.05) is 16.8 Å². The molecule has 25 heavy (non-hydrogen) atoms. The van der Waals surface area contributed by atoms with E-state index in [2.05, 4.69) is 10.3 Å². The molecule has 1 saturated heterocycles. The second kappa shape index (κ2) is 6.64. The van der Waals surface area contributed by atoms with Crippen LogP contribution in [0.15, 0.2) is 35.0 Å². The summed E-state index contributed by atoms with van der Waals surface area (Å²) >= 11 is 4.66. The molecule has 1 aliphatic heterocycles. The van der Waals surface area contributed by atoms with Crippen molar-refractivity contribution in [3.05, 3.63) is 35.0 Å². The lowest BCUT2D eigenvalue weighted by atomic mass is 10.1. The SMILES string of the molecule is O=C(Nc1nc(-c2cccs2)c(-c2cccs2)s1)[C@@H]1CCS(=O)(=O)C1.